The molecule has 3 aromatic rings. The molecular weight excluding hydrogens is 414 g/mol. The Morgan fingerprint density at radius 2 is 1.82 bits per heavy atom. The van der Waals surface area contributed by atoms with Gasteiger partial charge in [0, 0.05) is 18.0 Å². The van der Waals surface area contributed by atoms with Crippen LogP contribution in [0.15, 0.2) is 54.5 Å². The van der Waals surface area contributed by atoms with Gasteiger partial charge in [-0.3, -0.25) is 9.55 Å². The van der Waals surface area contributed by atoms with Crippen molar-refractivity contribution in [1.29, 1.82) is 0 Å². The summed E-state index contributed by atoms with van der Waals surface area (Å²) in [5.74, 6) is 2.31. The summed E-state index contributed by atoms with van der Waals surface area (Å²) in [4.78, 5) is 9.49. The molecule has 0 fully saturated rings. The van der Waals surface area contributed by atoms with Crippen molar-refractivity contribution in [1.82, 2.24) is 14.5 Å². The van der Waals surface area contributed by atoms with Gasteiger partial charge in [-0.1, -0.05) is 72.7 Å². The highest BCUT2D eigenvalue weighted by Crippen LogP contribution is 2.51. The summed E-state index contributed by atoms with van der Waals surface area (Å²) in [6, 6.07) is 10.9. The van der Waals surface area contributed by atoms with Crippen molar-refractivity contribution < 1.29 is 0 Å². The topological polar surface area (TPSA) is 30.7 Å². The number of para-hydroxylation sites is 1. The molecule has 2 aromatic heterocycles. The molecule has 1 atom stereocenters. The minimum Gasteiger partial charge on any atom is -0.292 e. The van der Waals surface area contributed by atoms with E-state index in [9.17, 15) is 0 Å². The van der Waals surface area contributed by atoms with Crippen LogP contribution in [0.4, 0.5) is 0 Å². The molecule has 5 rings (SSSR count). The van der Waals surface area contributed by atoms with Gasteiger partial charge in [-0.25, -0.2) is 4.98 Å². The summed E-state index contributed by atoms with van der Waals surface area (Å²) >= 11 is 0. The van der Waals surface area contributed by atoms with E-state index in [0.717, 1.165) is 29.9 Å². The van der Waals surface area contributed by atoms with Crippen LogP contribution in [0, 0.1) is 24.2 Å². The molecule has 0 N–H and O–H groups in total. The van der Waals surface area contributed by atoms with E-state index in [0.29, 0.717) is 11.8 Å². The second-order valence-corrected chi connectivity index (χ2v) is 10.2. The number of nitrogens with zero attached hydrogens (tertiary/aromatic N) is 3. The molecule has 34 heavy (non-hydrogen) atoms. The molecule has 2 aliphatic rings. The van der Waals surface area contributed by atoms with Crippen LogP contribution in [0.2, 0.25) is 0 Å². The van der Waals surface area contributed by atoms with Crippen LogP contribution in [0.5, 0.6) is 0 Å². The van der Waals surface area contributed by atoms with Crippen LogP contribution >= 0.6 is 0 Å². The highest BCUT2D eigenvalue weighted by atomic mass is 15.1. The third-order valence-corrected chi connectivity index (χ3v) is 7.85. The van der Waals surface area contributed by atoms with Gasteiger partial charge in [-0.2, -0.15) is 0 Å². The van der Waals surface area contributed by atoms with Gasteiger partial charge in [0.1, 0.15) is 5.82 Å². The summed E-state index contributed by atoms with van der Waals surface area (Å²) in [5.41, 5.74) is 9.60. The van der Waals surface area contributed by atoms with E-state index < -0.39 is 0 Å². The molecule has 1 aromatic carbocycles. The molecule has 1 aliphatic carbocycles. The van der Waals surface area contributed by atoms with Crippen LogP contribution in [0.25, 0.3) is 22.5 Å². The maximum Gasteiger partial charge on any atom is 0.140 e. The van der Waals surface area contributed by atoms with Crippen molar-refractivity contribution in [3.63, 3.8) is 0 Å². The molecule has 182 valence electrons. The fourth-order valence-corrected chi connectivity index (χ4v) is 5.69. The van der Waals surface area contributed by atoms with Crippen molar-refractivity contribution in [3.05, 3.63) is 71.4 Å². The van der Waals surface area contributed by atoms with E-state index in [1.807, 2.05) is 32.3 Å². The van der Waals surface area contributed by atoms with Gasteiger partial charge in [0.05, 0.1) is 17.6 Å². The molecule has 3 nitrogen and oxygen atoms in total. The lowest BCUT2D eigenvalue weighted by Crippen LogP contribution is -2.32. The van der Waals surface area contributed by atoms with Crippen LogP contribution in [-0.2, 0) is 6.42 Å². The van der Waals surface area contributed by atoms with Crippen molar-refractivity contribution in [2.45, 2.75) is 81.6 Å². The quantitative estimate of drug-likeness (QED) is 0.394. The van der Waals surface area contributed by atoms with Gasteiger partial charge in [0.25, 0.3) is 0 Å². The number of benzene rings is 1. The summed E-state index contributed by atoms with van der Waals surface area (Å²) in [7, 11) is 0. The first-order chi connectivity index (χ1) is 15.9. The number of aromatic nitrogens is 3. The predicted octanol–water partition coefficient (Wildman–Crippen LogP) is 8.70. The van der Waals surface area contributed by atoms with Crippen molar-refractivity contribution in [3.8, 4) is 16.9 Å². The van der Waals surface area contributed by atoms with Crippen LogP contribution < -0.4 is 0 Å². The number of hydrogen-bond acceptors (Lipinski definition) is 2. The van der Waals surface area contributed by atoms with Crippen molar-refractivity contribution in [2.75, 3.05) is 0 Å². The Morgan fingerprint density at radius 3 is 2.50 bits per heavy atom. The molecule has 0 amide bonds. The highest BCUT2D eigenvalue weighted by molar-refractivity contribution is 5.75. The van der Waals surface area contributed by atoms with Crippen LogP contribution in [0.1, 0.15) is 85.2 Å². The van der Waals surface area contributed by atoms with Gasteiger partial charge in [0.2, 0.25) is 0 Å². The Labute approximate surface area is 207 Å². The fourth-order valence-electron chi connectivity index (χ4n) is 5.69. The predicted molar refractivity (Wildman–Crippen MR) is 146 cm³/mol. The first-order valence-corrected chi connectivity index (χ1v) is 12.7. The Morgan fingerprint density at radius 1 is 1.06 bits per heavy atom. The van der Waals surface area contributed by atoms with Gasteiger partial charge >= 0.3 is 0 Å². The minimum absolute atomic E-state index is 0. The van der Waals surface area contributed by atoms with E-state index in [2.05, 4.69) is 74.6 Å². The second-order valence-electron chi connectivity index (χ2n) is 10.2. The number of imidazole rings is 1. The Hall–Kier alpha value is -2.68. The number of hydrogen-bond donors (Lipinski definition) is 0. The van der Waals surface area contributed by atoms with E-state index in [-0.39, 0.29) is 12.8 Å². The molecule has 3 heteroatoms. The first kappa shape index (κ1) is 25.9. The Balaban J connectivity index is 0.00000105. The highest BCUT2D eigenvalue weighted by Gasteiger charge is 2.39. The normalized spacial score (nSPS) is 17.0. The molecule has 2 bridgehead atoms. The maximum atomic E-state index is 5.10. The summed E-state index contributed by atoms with van der Waals surface area (Å²) in [6.07, 6.45) is 10.6. The largest absolute Gasteiger partial charge is 0.292 e. The lowest BCUT2D eigenvalue weighted by molar-refractivity contribution is 0.266. The average molecular weight is 458 g/mol. The molecule has 0 radical (unpaired) electrons. The number of pyridine rings is 1. The van der Waals surface area contributed by atoms with Gasteiger partial charge in [-0.05, 0) is 78.7 Å². The number of allylic oxidation sites excluding steroid dienone is 2. The zero-order valence-corrected chi connectivity index (χ0v) is 21.4. The molecule has 1 aliphatic heterocycles. The van der Waals surface area contributed by atoms with E-state index in [4.69, 9.17) is 4.98 Å². The SMILES string of the molecule is C.CC.Cc1cccc2c1-n1c(-c3cccnc3)cnc1C1=C(C(C)(C)C(C)C)[C@H](CCC1)C2. The number of rotatable bonds is 3. The molecule has 0 unspecified atom stereocenters. The second kappa shape index (κ2) is 10.3. The monoisotopic (exact) mass is 457 g/mol. The third-order valence-electron chi connectivity index (χ3n) is 7.85. The van der Waals surface area contributed by atoms with Crippen molar-refractivity contribution >= 4 is 5.57 Å². The Bertz CT molecular complexity index is 1150. The molecular formula is C31H43N3. The minimum atomic E-state index is 0. The lowest BCUT2D eigenvalue weighted by Gasteiger charge is -2.43. The molecule has 0 saturated heterocycles. The summed E-state index contributed by atoms with van der Waals surface area (Å²) < 4.78 is 2.44. The zero-order chi connectivity index (χ0) is 23.8. The summed E-state index contributed by atoms with van der Waals surface area (Å²) in [6.45, 7) is 15.9. The lowest BCUT2D eigenvalue weighted by atomic mass is 9.63. The smallest absolute Gasteiger partial charge is 0.140 e. The average Bonchev–Trinajstić information content (AvgIpc) is 3.24. The number of fused-ring (bicyclic) bond motifs is 5. The van der Waals surface area contributed by atoms with E-state index >= 15 is 0 Å². The number of aryl methyl sites for hydroxylation is 1. The maximum absolute atomic E-state index is 5.10. The molecule has 0 spiro atoms. The van der Waals surface area contributed by atoms with Crippen LogP contribution in [-0.4, -0.2) is 14.5 Å². The summed E-state index contributed by atoms with van der Waals surface area (Å²) in [5, 5.41) is 0. The Kier molecular flexibility index (Phi) is 7.85. The van der Waals surface area contributed by atoms with Crippen molar-refractivity contribution in [2.24, 2.45) is 17.3 Å². The van der Waals surface area contributed by atoms with Gasteiger partial charge in [-0.15, -0.1) is 0 Å². The van der Waals surface area contributed by atoms with E-state index in [1.54, 1.807) is 5.57 Å². The third kappa shape index (κ3) is 4.26. The standard InChI is InChI=1S/C28H33N3.C2H6.CH4/c1-18(2)28(4,5)25-20-10-7-13-23(25)27-30-17-24(22-12-8-14-29-16-22)31(27)26-19(3)9-6-11-21(26)15-20;1-2;/h6,8-9,11-12,14,16-18,20H,7,10,13,15H2,1-5H3;1-2H3;1H4/t20-;;/m1../s1. The first-order valence-electron chi connectivity index (χ1n) is 12.7. The van der Waals surface area contributed by atoms with Gasteiger partial charge < -0.3 is 0 Å². The van der Waals surface area contributed by atoms with Crippen LogP contribution in [0.3, 0.4) is 0 Å². The van der Waals surface area contributed by atoms with E-state index in [1.165, 1.54) is 35.2 Å². The van der Waals surface area contributed by atoms with Gasteiger partial charge in [0.15, 0.2) is 0 Å². The molecule has 0 saturated carbocycles. The molecule has 3 heterocycles. The zero-order valence-electron chi connectivity index (χ0n) is 21.4. The fraction of sp³-hybridized carbons (Fsp3) is 0.484.